The average Bonchev–Trinajstić information content (AvgIpc) is 3.01. The zero-order valence-corrected chi connectivity index (χ0v) is 16.1. The van der Waals surface area contributed by atoms with Crippen molar-refractivity contribution >= 4 is 37.9 Å². The summed E-state index contributed by atoms with van der Waals surface area (Å²) in [4.78, 5) is 13.5. The second-order valence-electron chi connectivity index (χ2n) is 5.93. The van der Waals surface area contributed by atoms with Gasteiger partial charge < -0.3 is 9.47 Å². The first-order valence-corrected chi connectivity index (χ1v) is 8.73. The number of rotatable bonds is 4. The van der Waals surface area contributed by atoms with Crippen LogP contribution in [0.1, 0.15) is 5.56 Å². The van der Waals surface area contributed by atoms with Gasteiger partial charge >= 0.3 is 0 Å². The second-order valence-corrected chi connectivity index (χ2v) is 6.85. The van der Waals surface area contributed by atoms with Crippen LogP contribution in [0, 0.1) is 6.92 Å². The molecule has 0 aliphatic carbocycles. The highest BCUT2D eigenvalue weighted by atomic mass is 79.9. The molecule has 3 aromatic heterocycles. The fourth-order valence-corrected chi connectivity index (χ4v) is 3.28. The van der Waals surface area contributed by atoms with E-state index in [0.29, 0.717) is 17.2 Å². The van der Waals surface area contributed by atoms with Gasteiger partial charge in [0.1, 0.15) is 5.75 Å². The molecule has 0 aliphatic rings. The quantitative estimate of drug-likeness (QED) is 0.475. The number of aromatic nitrogens is 5. The Balaban J connectivity index is 1.95. The van der Waals surface area contributed by atoms with Crippen molar-refractivity contribution in [1.29, 1.82) is 0 Å². The maximum Gasteiger partial charge on any atom is 0.188 e. The number of aryl methyl sites for hydroxylation is 2. The number of halogens is 1. The number of nitrogens with zero attached hydrogens (tertiary/aromatic N) is 5. The van der Waals surface area contributed by atoms with Crippen LogP contribution in [0.15, 0.2) is 35.2 Å². The molecule has 7 nitrogen and oxygen atoms in total. The molecule has 0 saturated carbocycles. The van der Waals surface area contributed by atoms with E-state index >= 15 is 0 Å². The molecule has 0 aliphatic heterocycles. The van der Waals surface area contributed by atoms with Gasteiger partial charge in [-0.15, -0.1) is 0 Å². The average molecular weight is 414 g/mol. The van der Waals surface area contributed by atoms with Crippen LogP contribution in [-0.2, 0) is 11.8 Å². The molecular weight excluding hydrogens is 398 g/mol. The second kappa shape index (κ2) is 6.62. The van der Waals surface area contributed by atoms with Gasteiger partial charge in [0, 0.05) is 53.6 Å². The van der Waals surface area contributed by atoms with Crippen molar-refractivity contribution in [2.75, 3.05) is 13.9 Å². The van der Waals surface area contributed by atoms with E-state index in [4.69, 9.17) is 9.47 Å². The van der Waals surface area contributed by atoms with Gasteiger partial charge in [-0.05, 0) is 35.0 Å². The summed E-state index contributed by atoms with van der Waals surface area (Å²) in [6, 6.07) is 3.92. The standard InChI is InChI=1S/C18H16BrN5O2/c1-10-15-12(8-24(2)23-15)5-14(16(10)26-9-25-3)18-20-6-11-4-13(19)7-21-17(11)22-18/h4-8H,9H2,1-3H3. The lowest BCUT2D eigenvalue weighted by Crippen LogP contribution is -2.04. The lowest BCUT2D eigenvalue weighted by Gasteiger charge is -2.13. The van der Waals surface area contributed by atoms with Gasteiger partial charge in [-0.1, -0.05) is 0 Å². The van der Waals surface area contributed by atoms with Crippen molar-refractivity contribution in [3.05, 3.63) is 40.8 Å². The van der Waals surface area contributed by atoms with E-state index in [1.807, 2.05) is 32.3 Å². The summed E-state index contributed by atoms with van der Waals surface area (Å²) in [5.41, 5.74) is 3.21. The Kier molecular flexibility index (Phi) is 4.29. The van der Waals surface area contributed by atoms with Gasteiger partial charge in [-0.2, -0.15) is 5.10 Å². The summed E-state index contributed by atoms with van der Waals surface area (Å²) in [6.45, 7) is 2.10. The van der Waals surface area contributed by atoms with E-state index in [2.05, 4.69) is 36.0 Å². The maximum absolute atomic E-state index is 5.84. The van der Waals surface area contributed by atoms with Crippen molar-refractivity contribution in [3.63, 3.8) is 0 Å². The molecule has 8 heteroatoms. The topological polar surface area (TPSA) is 75.0 Å². The van der Waals surface area contributed by atoms with Gasteiger partial charge in [-0.3, -0.25) is 4.68 Å². The molecule has 132 valence electrons. The summed E-state index contributed by atoms with van der Waals surface area (Å²) in [5.74, 6) is 1.21. The van der Waals surface area contributed by atoms with Crippen LogP contribution in [0.3, 0.4) is 0 Å². The number of benzene rings is 1. The number of methoxy groups -OCH3 is 1. The summed E-state index contributed by atoms with van der Waals surface area (Å²) in [6.07, 6.45) is 5.44. The highest BCUT2D eigenvalue weighted by Crippen LogP contribution is 2.36. The SMILES string of the molecule is COCOc1c(-c2ncc3cc(Br)cnc3n2)cc2cn(C)nc2c1C. The third-order valence-corrected chi connectivity index (χ3v) is 4.49. The van der Waals surface area contributed by atoms with Crippen LogP contribution < -0.4 is 4.74 Å². The summed E-state index contributed by atoms with van der Waals surface area (Å²) < 4.78 is 13.6. The van der Waals surface area contributed by atoms with E-state index in [1.54, 1.807) is 24.2 Å². The molecule has 0 N–H and O–H groups in total. The highest BCUT2D eigenvalue weighted by Gasteiger charge is 2.18. The Labute approximate surface area is 158 Å². The molecule has 0 unspecified atom stereocenters. The summed E-state index contributed by atoms with van der Waals surface area (Å²) in [7, 11) is 3.48. The Hall–Kier alpha value is -2.58. The number of fused-ring (bicyclic) bond motifs is 2. The first-order valence-electron chi connectivity index (χ1n) is 7.94. The summed E-state index contributed by atoms with van der Waals surface area (Å²) >= 11 is 3.41. The molecule has 26 heavy (non-hydrogen) atoms. The van der Waals surface area contributed by atoms with Gasteiger partial charge in [-0.25, -0.2) is 15.0 Å². The van der Waals surface area contributed by atoms with E-state index in [-0.39, 0.29) is 6.79 Å². The molecule has 4 aromatic rings. The Morgan fingerprint density at radius 2 is 2.00 bits per heavy atom. The molecule has 0 radical (unpaired) electrons. The molecule has 0 saturated heterocycles. The number of pyridine rings is 1. The Bertz CT molecular complexity index is 1130. The molecule has 3 heterocycles. The normalized spacial score (nSPS) is 11.4. The molecule has 0 bridgehead atoms. The minimum atomic E-state index is 0.130. The van der Waals surface area contributed by atoms with Gasteiger partial charge in [0.25, 0.3) is 0 Å². The number of ether oxygens (including phenoxy) is 2. The lowest BCUT2D eigenvalue weighted by molar-refractivity contribution is 0.0511. The number of hydrogen-bond donors (Lipinski definition) is 0. The lowest BCUT2D eigenvalue weighted by atomic mass is 10.0. The number of hydrogen-bond acceptors (Lipinski definition) is 6. The molecule has 0 amide bonds. The smallest absolute Gasteiger partial charge is 0.188 e. The zero-order chi connectivity index (χ0) is 18.3. The molecule has 0 spiro atoms. The van der Waals surface area contributed by atoms with Crippen molar-refractivity contribution < 1.29 is 9.47 Å². The zero-order valence-electron chi connectivity index (χ0n) is 14.5. The van der Waals surface area contributed by atoms with Crippen LogP contribution in [0.5, 0.6) is 5.75 Å². The highest BCUT2D eigenvalue weighted by molar-refractivity contribution is 9.10. The van der Waals surface area contributed by atoms with Gasteiger partial charge in [0.15, 0.2) is 18.3 Å². The van der Waals surface area contributed by atoms with Crippen LogP contribution in [-0.4, -0.2) is 38.6 Å². The van der Waals surface area contributed by atoms with Crippen LogP contribution in [0.25, 0.3) is 33.3 Å². The molecular formula is C18H16BrN5O2. The first kappa shape index (κ1) is 16.9. The third kappa shape index (κ3) is 2.91. The van der Waals surface area contributed by atoms with Crippen molar-refractivity contribution in [2.45, 2.75) is 6.92 Å². The van der Waals surface area contributed by atoms with Crippen LogP contribution in [0.2, 0.25) is 0 Å². The van der Waals surface area contributed by atoms with Crippen molar-refractivity contribution in [2.24, 2.45) is 7.05 Å². The Morgan fingerprint density at radius 1 is 1.15 bits per heavy atom. The van der Waals surface area contributed by atoms with E-state index in [1.165, 1.54) is 0 Å². The van der Waals surface area contributed by atoms with E-state index in [9.17, 15) is 0 Å². The van der Waals surface area contributed by atoms with Gasteiger partial charge in [0.2, 0.25) is 0 Å². The molecule has 1 aromatic carbocycles. The maximum atomic E-state index is 5.84. The first-order chi connectivity index (χ1) is 12.6. The minimum Gasteiger partial charge on any atom is -0.466 e. The molecule has 0 atom stereocenters. The van der Waals surface area contributed by atoms with E-state index < -0.39 is 0 Å². The molecule has 4 rings (SSSR count). The predicted octanol–water partition coefficient (Wildman–Crippen LogP) is 3.63. The van der Waals surface area contributed by atoms with E-state index in [0.717, 1.165) is 31.9 Å². The predicted molar refractivity (Wildman–Crippen MR) is 102 cm³/mol. The molecule has 0 fully saturated rings. The van der Waals surface area contributed by atoms with Crippen molar-refractivity contribution in [1.82, 2.24) is 24.7 Å². The third-order valence-electron chi connectivity index (χ3n) is 4.06. The fourth-order valence-electron chi connectivity index (χ4n) is 2.93. The largest absolute Gasteiger partial charge is 0.466 e. The van der Waals surface area contributed by atoms with Crippen LogP contribution in [0.4, 0.5) is 0 Å². The van der Waals surface area contributed by atoms with Gasteiger partial charge in [0.05, 0.1) is 11.1 Å². The fraction of sp³-hybridized carbons (Fsp3) is 0.222. The summed E-state index contributed by atoms with van der Waals surface area (Å²) in [5, 5.41) is 6.37. The minimum absolute atomic E-state index is 0.130. The Morgan fingerprint density at radius 3 is 2.81 bits per heavy atom. The monoisotopic (exact) mass is 413 g/mol. The van der Waals surface area contributed by atoms with Crippen molar-refractivity contribution in [3.8, 4) is 17.1 Å². The van der Waals surface area contributed by atoms with Crippen LogP contribution >= 0.6 is 15.9 Å².